The fourth-order valence-corrected chi connectivity index (χ4v) is 5.85. The van der Waals surface area contributed by atoms with Gasteiger partial charge >= 0.3 is 0 Å². The van der Waals surface area contributed by atoms with E-state index in [1.165, 1.54) is 23.1 Å². The number of unbranched alkanes of at least 4 members (excludes halogenated alkanes) is 1. The number of amides is 2. The molecule has 0 radical (unpaired) electrons. The van der Waals surface area contributed by atoms with E-state index in [1.807, 2.05) is 45.0 Å². The van der Waals surface area contributed by atoms with E-state index in [2.05, 4.69) is 21.2 Å². The van der Waals surface area contributed by atoms with Crippen LogP contribution in [0.1, 0.15) is 43.4 Å². The van der Waals surface area contributed by atoms with Crippen LogP contribution in [0.4, 0.5) is 5.69 Å². The molecule has 214 valence electrons. The Labute approximate surface area is 250 Å². The molecule has 3 rings (SSSR count). The lowest BCUT2D eigenvalue weighted by Gasteiger charge is -2.32. The summed E-state index contributed by atoms with van der Waals surface area (Å²) in [5.41, 5.74) is 2.74. The van der Waals surface area contributed by atoms with Gasteiger partial charge < -0.3 is 10.2 Å². The van der Waals surface area contributed by atoms with Gasteiger partial charge in [-0.3, -0.25) is 13.9 Å². The fraction of sp³-hybridized carbons (Fsp3) is 0.333. The van der Waals surface area contributed by atoms with Crippen LogP contribution in [0.5, 0.6) is 0 Å². The zero-order chi connectivity index (χ0) is 29.4. The maximum Gasteiger partial charge on any atom is 0.264 e. The maximum absolute atomic E-state index is 14.0. The first-order chi connectivity index (χ1) is 18.9. The average Bonchev–Trinajstić information content (AvgIpc) is 2.92. The second-order valence-electron chi connectivity index (χ2n) is 9.73. The van der Waals surface area contributed by atoms with Crippen LogP contribution < -0.4 is 9.62 Å². The molecule has 0 spiro atoms. The van der Waals surface area contributed by atoms with Crippen LogP contribution in [0.25, 0.3) is 0 Å². The lowest BCUT2D eigenvalue weighted by Crippen LogP contribution is -2.51. The monoisotopic (exact) mass is 647 g/mol. The number of carbonyl (C=O) groups is 2. The van der Waals surface area contributed by atoms with Crippen LogP contribution in [0.15, 0.2) is 76.1 Å². The van der Waals surface area contributed by atoms with E-state index in [9.17, 15) is 18.0 Å². The predicted octanol–water partition coefficient (Wildman–Crippen LogP) is 6.25. The third-order valence-electron chi connectivity index (χ3n) is 6.59. The van der Waals surface area contributed by atoms with Crippen LogP contribution in [-0.4, -0.2) is 44.3 Å². The van der Waals surface area contributed by atoms with Gasteiger partial charge in [0.05, 0.1) is 10.6 Å². The number of hydrogen-bond acceptors (Lipinski definition) is 4. The lowest BCUT2D eigenvalue weighted by atomic mass is 10.1. The standard InChI is InChI=1S/C30H35BrClN3O4S/c1-5-6-17-33-30(37)23(4)34(19-24-10-12-25(31)13-11-24)29(36)20-35(26-14-9-22(3)28(32)18-26)40(38,39)27-15-7-21(2)8-16-27/h7-16,18,23H,5-6,17,19-20H2,1-4H3,(H,33,37)/t23-/m0/s1. The summed E-state index contributed by atoms with van der Waals surface area (Å²) in [7, 11) is -4.15. The Morgan fingerprint density at radius 3 is 2.25 bits per heavy atom. The first-order valence-electron chi connectivity index (χ1n) is 13.1. The largest absolute Gasteiger partial charge is 0.354 e. The van der Waals surface area contributed by atoms with Crippen LogP contribution >= 0.6 is 27.5 Å². The molecule has 0 aliphatic heterocycles. The number of aryl methyl sites for hydroxylation is 2. The normalized spacial score (nSPS) is 12.1. The number of hydrogen-bond donors (Lipinski definition) is 1. The Kier molecular flexibility index (Phi) is 11.2. The molecule has 0 aromatic heterocycles. The van der Waals surface area contributed by atoms with Crippen molar-refractivity contribution in [3.05, 3.63) is 92.9 Å². The number of halogens is 2. The summed E-state index contributed by atoms with van der Waals surface area (Å²) < 4.78 is 29.7. The van der Waals surface area contributed by atoms with E-state index in [0.29, 0.717) is 11.6 Å². The van der Waals surface area contributed by atoms with Crippen LogP contribution in [0, 0.1) is 13.8 Å². The molecule has 0 fully saturated rings. The zero-order valence-electron chi connectivity index (χ0n) is 23.2. The molecule has 40 heavy (non-hydrogen) atoms. The van der Waals surface area contributed by atoms with Crippen molar-refractivity contribution >= 4 is 55.1 Å². The molecule has 0 saturated heterocycles. The SMILES string of the molecule is CCCCNC(=O)[C@H](C)N(Cc1ccc(Br)cc1)C(=O)CN(c1ccc(C)c(Cl)c1)S(=O)(=O)c1ccc(C)cc1. The van der Waals surface area contributed by atoms with Gasteiger partial charge in [-0.1, -0.05) is 76.8 Å². The smallest absolute Gasteiger partial charge is 0.264 e. The minimum Gasteiger partial charge on any atom is -0.354 e. The Hall–Kier alpha value is -2.88. The summed E-state index contributed by atoms with van der Waals surface area (Å²) in [5, 5.41) is 3.26. The van der Waals surface area contributed by atoms with Crippen molar-refractivity contribution in [3.63, 3.8) is 0 Å². The molecule has 7 nitrogen and oxygen atoms in total. The average molecular weight is 649 g/mol. The topological polar surface area (TPSA) is 86.8 Å². The van der Waals surface area contributed by atoms with Gasteiger partial charge in [0.25, 0.3) is 10.0 Å². The van der Waals surface area contributed by atoms with Crippen molar-refractivity contribution in [1.82, 2.24) is 10.2 Å². The van der Waals surface area contributed by atoms with Crippen molar-refractivity contribution in [2.24, 2.45) is 0 Å². The van der Waals surface area contributed by atoms with Gasteiger partial charge in [-0.15, -0.1) is 0 Å². The van der Waals surface area contributed by atoms with Crippen molar-refractivity contribution in [2.75, 3.05) is 17.4 Å². The van der Waals surface area contributed by atoms with E-state index >= 15 is 0 Å². The number of anilines is 1. The number of nitrogens with zero attached hydrogens (tertiary/aromatic N) is 2. The Morgan fingerprint density at radius 1 is 1.00 bits per heavy atom. The Bertz CT molecular complexity index is 1430. The predicted molar refractivity (Wildman–Crippen MR) is 164 cm³/mol. The van der Waals surface area contributed by atoms with Gasteiger partial charge in [0, 0.05) is 22.6 Å². The molecule has 0 saturated carbocycles. The van der Waals surface area contributed by atoms with Crippen LogP contribution in [0.2, 0.25) is 5.02 Å². The van der Waals surface area contributed by atoms with Gasteiger partial charge in [-0.25, -0.2) is 8.42 Å². The molecular formula is C30H35BrClN3O4S. The van der Waals surface area contributed by atoms with Crippen LogP contribution in [-0.2, 0) is 26.2 Å². The fourth-order valence-electron chi connectivity index (χ4n) is 4.01. The van der Waals surface area contributed by atoms with Gasteiger partial charge in [0.2, 0.25) is 11.8 Å². The summed E-state index contributed by atoms with van der Waals surface area (Å²) in [6.45, 7) is 7.47. The minimum atomic E-state index is -4.15. The highest BCUT2D eigenvalue weighted by atomic mass is 79.9. The maximum atomic E-state index is 14.0. The molecule has 1 N–H and O–H groups in total. The molecule has 0 heterocycles. The first-order valence-corrected chi connectivity index (χ1v) is 15.7. The number of carbonyl (C=O) groups excluding carboxylic acids is 2. The molecule has 2 amide bonds. The van der Waals surface area contributed by atoms with E-state index in [4.69, 9.17) is 11.6 Å². The minimum absolute atomic E-state index is 0.0485. The molecule has 1 atom stereocenters. The van der Waals surface area contributed by atoms with E-state index in [0.717, 1.165) is 38.3 Å². The highest BCUT2D eigenvalue weighted by molar-refractivity contribution is 9.10. The quantitative estimate of drug-likeness (QED) is 0.235. The first kappa shape index (κ1) is 31.6. The summed E-state index contributed by atoms with van der Waals surface area (Å²) >= 11 is 9.79. The number of sulfonamides is 1. The van der Waals surface area contributed by atoms with E-state index in [1.54, 1.807) is 31.2 Å². The third-order valence-corrected chi connectivity index (χ3v) is 9.32. The molecule has 3 aromatic rings. The van der Waals surface area contributed by atoms with Crippen molar-refractivity contribution < 1.29 is 18.0 Å². The highest BCUT2D eigenvalue weighted by Gasteiger charge is 2.32. The molecule has 10 heteroatoms. The third kappa shape index (κ3) is 8.08. The summed E-state index contributed by atoms with van der Waals surface area (Å²) in [4.78, 5) is 28.5. The molecule has 3 aromatic carbocycles. The highest BCUT2D eigenvalue weighted by Crippen LogP contribution is 2.29. The van der Waals surface area contributed by atoms with Gasteiger partial charge in [-0.2, -0.15) is 0 Å². The van der Waals surface area contributed by atoms with Crippen molar-refractivity contribution in [3.8, 4) is 0 Å². The van der Waals surface area contributed by atoms with Gasteiger partial charge in [0.15, 0.2) is 0 Å². The lowest BCUT2D eigenvalue weighted by molar-refractivity contribution is -0.139. The summed E-state index contributed by atoms with van der Waals surface area (Å²) in [5.74, 6) is -0.821. The molecule has 0 aliphatic carbocycles. The molecular weight excluding hydrogens is 614 g/mol. The van der Waals surface area contributed by atoms with Crippen molar-refractivity contribution in [1.29, 1.82) is 0 Å². The van der Waals surface area contributed by atoms with Crippen LogP contribution in [0.3, 0.4) is 0 Å². The summed E-state index contributed by atoms with van der Waals surface area (Å²) in [6, 6.07) is 17.9. The Balaban J connectivity index is 2.02. The van der Waals surface area contributed by atoms with E-state index in [-0.39, 0.29) is 23.0 Å². The van der Waals surface area contributed by atoms with E-state index < -0.39 is 28.5 Å². The zero-order valence-corrected chi connectivity index (χ0v) is 26.3. The molecule has 0 unspecified atom stereocenters. The van der Waals surface area contributed by atoms with Gasteiger partial charge in [0.1, 0.15) is 12.6 Å². The molecule has 0 aliphatic rings. The number of benzene rings is 3. The van der Waals surface area contributed by atoms with Gasteiger partial charge in [-0.05, 0) is 74.7 Å². The number of nitrogens with one attached hydrogen (secondary N) is 1. The molecule has 0 bridgehead atoms. The second kappa shape index (κ2) is 14.1. The summed E-state index contributed by atoms with van der Waals surface area (Å²) in [6.07, 6.45) is 1.73. The second-order valence-corrected chi connectivity index (χ2v) is 12.9. The number of rotatable bonds is 12. The Morgan fingerprint density at radius 2 is 1.65 bits per heavy atom. The van der Waals surface area contributed by atoms with Crippen molar-refractivity contribution in [2.45, 2.75) is 58.0 Å².